The minimum absolute atomic E-state index is 0.359. The number of ether oxygens (including phenoxy) is 1. The molecule has 17 heavy (non-hydrogen) atoms. The maximum Gasteiger partial charge on any atom is 0.0553 e. The summed E-state index contributed by atoms with van der Waals surface area (Å²) in [7, 11) is 3.75. The third kappa shape index (κ3) is 4.13. The van der Waals surface area contributed by atoms with Crippen LogP contribution in [0, 0.1) is 5.92 Å². The monoisotopic (exact) mass is 239 g/mol. The zero-order chi connectivity index (χ0) is 12.7. The van der Waals surface area contributed by atoms with Crippen LogP contribution in [-0.2, 0) is 11.8 Å². The highest BCUT2D eigenvalue weighted by molar-refractivity contribution is 5.07. The summed E-state index contributed by atoms with van der Waals surface area (Å²) in [4.78, 5) is 0. The highest BCUT2D eigenvalue weighted by atomic mass is 16.5. The summed E-state index contributed by atoms with van der Waals surface area (Å²) in [5, 5.41) is 7.86. The van der Waals surface area contributed by atoms with Crippen molar-refractivity contribution in [1.82, 2.24) is 15.1 Å². The van der Waals surface area contributed by atoms with E-state index in [9.17, 15) is 0 Å². The van der Waals surface area contributed by atoms with Crippen LogP contribution in [-0.4, -0.2) is 30.0 Å². The molecule has 2 atom stereocenters. The minimum Gasteiger partial charge on any atom is -0.385 e. The van der Waals surface area contributed by atoms with Crippen LogP contribution in [0.1, 0.15) is 38.4 Å². The molecule has 4 nitrogen and oxygen atoms in total. The van der Waals surface area contributed by atoms with E-state index in [1.807, 2.05) is 17.9 Å². The lowest BCUT2D eigenvalue weighted by molar-refractivity contribution is 0.169. The van der Waals surface area contributed by atoms with Gasteiger partial charge in [-0.15, -0.1) is 0 Å². The van der Waals surface area contributed by atoms with Crippen LogP contribution in [0.3, 0.4) is 0 Å². The molecule has 0 aliphatic rings. The molecule has 2 unspecified atom stereocenters. The third-order valence-corrected chi connectivity index (χ3v) is 3.14. The topological polar surface area (TPSA) is 39.1 Å². The molecule has 0 bridgehead atoms. The lowest BCUT2D eigenvalue weighted by Crippen LogP contribution is -2.30. The fourth-order valence-corrected chi connectivity index (χ4v) is 2.06. The van der Waals surface area contributed by atoms with Crippen molar-refractivity contribution in [3.05, 3.63) is 18.0 Å². The summed E-state index contributed by atoms with van der Waals surface area (Å²) in [6.45, 7) is 6.29. The van der Waals surface area contributed by atoms with E-state index in [0.717, 1.165) is 26.0 Å². The molecule has 0 fully saturated rings. The van der Waals surface area contributed by atoms with Crippen molar-refractivity contribution in [2.75, 3.05) is 20.3 Å². The lowest BCUT2D eigenvalue weighted by Gasteiger charge is -2.25. The van der Waals surface area contributed by atoms with Gasteiger partial charge in [0.15, 0.2) is 0 Å². The molecule has 0 saturated carbocycles. The van der Waals surface area contributed by atoms with Gasteiger partial charge in [-0.1, -0.05) is 13.8 Å². The van der Waals surface area contributed by atoms with Crippen molar-refractivity contribution >= 4 is 0 Å². The van der Waals surface area contributed by atoms with Gasteiger partial charge in [-0.3, -0.25) is 4.68 Å². The molecular formula is C13H25N3O. The summed E-state index contributed by atoms with van der Waals surface area (Å²) >= 11 is 0. The first-order valence-electron chi connectivity index (χ1n) is 6.40. The number of aryl methyl sites for hydroxylation is 1. The molecule has 0 aliphatic carbocycles. The van der Waals surface area contributed by atoms with Gasteiger partial charge in [-0.25, -0.2) is 0 Å². The SMILES string of the molecule is CCCNC(c1ccnn1C)C(C)CCOC. The van der Waals surface area contributed by atoms with E-state index in [1.165, 1.54) is 5.69 Å². The van der Waals surface area contributed by atoms with Gasteiger partial charge in [0.1, 0.15) is 0 Å². The Hall–Kier alpha value is -0.870. The standard InChI is InChI=1S/C13H25N3O/c1-5-8-14-13(11(2)7-10-17-4)12-6-9-15-16(12)3/h6,9,11,13-14H,5,7-8,10H2,1-4H3. The summed E-state index contributed by atoms with van der Waals surface area (Å²) in [5.41, 5.74) is 1.25. The van der Waals surface area contributed by atoms with Crippen LogP contribution >= 0.6 is 0 Å². The molecule has 1 aromatic rings. The number of nitrogens with zero attached hydrogens (tertiary/aromatic N) is 2. The second kappa shape index (κ2) is 7.45. The average Bonchev–Trinajstić information content (AvgIpc) is 2.73. The normalized spacial score (nSPS) is 14.8. The van der Waals surface area contributed by atoms with E-state index < -0.39 is 0 Å². The largest absolute Gasteiger partial charge is 0.385 e. The number of nitrogens with one attached hydrogen (secondary N) is 1. The Morgan fingerprint density at radius 2 is 2.29 bits per heavy atom. The van der Waals surface area contributed by atoms with Crippen LogP contribution in [0.5, 0.6) is 0 Å². The Labute approximate surface area is 104 Å². The molecule has 0 aromatic carbocycles. The highest BCUT2D eigenvalue weighted by Gasteiger charge is 2.20. The highest BCUT2D eigenvalue weighted by Crippen LogP contribution is 2.23. The zero-order valence-electron chi connectivity index (χ0n) is 11.4. The second-order valence-corrected chi connectivity index (χ2v) is 4.57. The molecule has 4 heteroatoms. The molecule has 1 N–H and O–H groups in total. The lowest BCUT2D eigenvalue weighted by atomic mass is 9.95. The van der Waals surface area contributed by atoms with Gasteiger partial charge in [0.25, 0.3) is 0 Å². The fraction of sp³-hybridized carbons (Fsp3) is 0.769. The Morgan fingerprint density at radius 1 is 1.53 bits per heavy atom. The van der Waals surface area contributed by atoms with E-state index >= 15 is 0 Å². The van der Waals surface area contributed by atoms with Gasteiger partial charge < -0.3 is 10.1 Å². The number of hydrogen-bond acceptors (Lipinski definition) is 3. The van der Waals surface area contributed by atoms with Gasteiger partial charge in [0.05, 0.1) is 11.7 Å². The molecule has 1 heterocycles. The predicted molar refractivity (Wildman–Crippen MR) is 69.9 cm³/mol. The summed E-state index contributed by atoms with van der Waals surface area (Å²) in [5.74, 6) is 0.539. The van der Waals surface area contributed by atoms with Crippen LogP contribution in [0.2, 0.25) is 0 Å². The van der Waals surface area contributed by atoms with E-state index in [4.69, 9.17) is 4.74 Å². The van der Waals surface area contributed by atoms with Crippen LogP contribution in [0.25, 0.3) is 0 Å². The van der Waals surface area contributed by atoms with Gasteiger partial charge in [-0.05, 0) is 31.4 Å². The van der Waals surface area contributed by atoms with E-state index in [-0.39, 0.29) is 0 Å². The molecule has 98 valence electrons. The quantitative estimate of drug-likeness (QED) is 0.755. The summed E-state index contributed by atoms with van der Waals surface area (Å²) < 4.78 is 7.12. The van der Waals surface area contributed by atoms with Crippen LogP contribution < -0.4 is 5.32 Å². The van der Waals surface area contributed by atoms with Crippen molar-refractivity contribution in [1.29, 1.82) is 0 Å². The second-order valence-electron chi connectivity index (χ2n) is 4.57. The van der Waals surface area contributed by atoms with Crippen molar-refractivity contribution in [3.8, 4) is 0 Å². The van der Waals surface area contributed by atoms with E-state index in [2.05, 4.69) is 30.3 Å². The average molecular weight is 239 g/mol. The molecule has 0 amide bonds. The first kappa shape index (κ1) is 14.2. The zero-order valence-corrected chi connectivity index (χ0v) is 11.4. The van der Waals surface area contributed by atoms with Gasteiger partial charge in [0, 0.05) is 27.0 Å². The van der Waals surface area contributed by atoms with Crippen LogP contribution in [0.4, 0.5) is 0 Å². The summed E-state index contributed by atoms with van der Waals surface area (Å²) in [6.07, 6.45) is 4.06. The van der Waals surface area contributed by atoms with Crippen LogP contribution in [0.15, 0.2) is 12.3 Å². The van der Waals surface area contributed by atoms with Gasteiger partial charge in [0.2, 0.25) is 0 Å². The molecule has 0 aliphatic heterocycles. The number of hydrogen-bond donors (Lipinski definition) is 1. The van der Waals surface area contributed by atoms with Gasteiger partial charge >= 0.3 is 0 Å². The minimum atomic E-state index is 0.359. The Kier molecular flexibility index (Phi) is 6.22. The fourth-order valence-electron chi connectivity index (χ4n) is 2.06. The number of aromatic nitrogens is 2. The summed E-state index contributed by atoms with van der Waals surface area (Å²) in [6, 6.07) is 2.45. The van der Waals surface area contributed by atoms with Crippen molar-refractivity contribution < 1.29 is 4.74 Å². The maximum atomic E-state index is 5.16. The van der Waals surface area contributed by atoms with E-state index in [1.54, 1.807) is 7.11 Å². The van der Waals surface area contributed by atoms with Gasteiger partial charge in [-0.2, -0.15) is 5.10 Å². The molecular weight excluding hydrogens is 214 g/mol. The molecule has 0 spiro atoms. The molecule has 0 radical (unpaired) electrons. The third-order valence-electron chi connectivity index (χ3n) is 3.14. The number of methoxy groups -OCH3 is 1. The molecule has 1 aromatic heterocycles. The smallest absolute Gasteiger partial charge is 0.0553 e. The van der Waals surface area contributed by atoms with Crippen molar-refractivity contribution in [2.24, 2.45) is 13.0 Å². The van der Waals surface area contributed by atoms with Crippen molar-refractivity contribution in [2.45, 2.75) is 32.7 Å². The Balaban J connectivity index is 2.69. The Morgan fingerprint density at radius 3 is 2.82 bits per heavy atom. The molecule has 1 rings (SSSR count). The maximum absolute atomic E-state index is 5.16. The van der Waals surface area contributed by atoms with E-state index in [0.29, 0.717) is 12.0 Å². The molecule has 0 saturated heterocycles. The first-order valence-corrected chi connectivity index (χ1v) is 6.40. The van der Waals surface area contributed by atoms with Crippen molar-refractivity contribution in [3.63, 3.8) is 0 Å². The predicted octanol–water partition coefficient (Wildman–Crippen LogP) is 2.13. The number of rotatable bonds is 8. The Bertz CT molecular complexity index is 311. The first-order chi connectivity index (χ1) is 8.20.